The summed E-state index contributed by atoms with van der Waals surface area (Å²) in [5.41, 5.74) is 15.3. The number of aliphatic imine (C=N–C) groups is 2. The van der Waals surface area contributed by atoms with Gasteiger partial charge in [-0.1, -0.05) is 11.6 Å². The lowest BCUT2D eigenvalue weighted by Gasteiger charge is -2.31. The molecule has 0 radical (unpaired) electrons. The van der Waals surface area contributed by atoms with Gasteiger partial charge in [-0.05, 0) is 0 Å². The zero-order chi connectivity index (χ0) is 16.7. The van der Waals surface area contributed by atoms with Crippen molar-refractivity contribution in [1.29, 1.82) is 0 Å². The van der Waals surface area contributed by atoms with Gasteiger partial charge >= 0.3 is 12.2 Å². The molecule has 22 heavy (non-hydrogen) atoms. The minimum atomic E-state index is -4.86. The number of rotatable bonds is 1. The molecule has 7 nitrogen and oxygen atoms in total. The zero-order valence-electron chi connectivity index (χ0n) is 10.5. The molecule has 0 amide bonds. The number of hydrogen-bond donors (Lipinski definition) is 3. The second-order valence-corrected chi connectivity index (χ2v) is 4.40. The van der Waals surface area contributed by atoms with E-state index in [1.54, 1.807) is 0 Å². The fourth-order valence-electron chi connectivity index (χ4n) is 1.45. The van der Waals surface area contributed by atoms with Gasteiger partial charge in [0.25, 0.3) is 0 Å². The lowest BCUT2D eigenvalue weighted by atomic mass is 10.2. The highest BCUT2D eigenvalue weighted by Crippen LogP contribution is 2.49. The van der Waals surface area contributed by atoms with E-state index in [4.69, 9.17) is 28.8 Å². The van der Waals surface area contributed by atoms with Crippen molar-refractivity contribution in [3.63, 3.8) is 0 Å². The van der Waals surface area contributed by atoms with Crippen LogP contribution in [0.4, 0.5) is 23.2 Å². The summed E-state index contributed by atoms with van der Waals surface area (Å²) < 4.78 is 60.0. The standard InChI is InChI=1S/C10H8ClF4N5O2/c11-3-1-5-6(22-10(14,15)9(12,13)21-5)2-4(3)19-8(18)20-7(16)17/h1-2H,(H6,16,17,18,19,20). The zero-order valence-corrected chi connectivity index (χ0v) is 11.2. The second-order valence-electron chi connectivity index (χ2n) is 3.99. The van der Waals surface area contributed by atoms with Crippen molar-refractivity contribution in [3.8, 4) is 11.5 Å². The SMILES string of the molecule is NC(N)=NC(N)=Nc1cc2c(cc1Cl)OC(F)(F)C(F)(F)O2. The fourth-order valence-corrected chi connectivity index (χ4v) is 1.64. The second kappa shape index (κ2) is 5.09. The third kappa shape index (κ3) is 2.93. The molecular formula is C10H8ClF4N5O2. The molecule has 0 aromatic heterocycles. The first-order valence-electron chi connectivity index (χ1n) is 5.43. The van der Waals surface area contributed by atoms with Gasteiger partial charge in [0, 0.05) is 12.1 Å². The number of halogens is 5. The summed E-state index contributed by atoms with van der Waals surface area (Å²) in [5, 5.41) is -0.225. The first-order valence-corrected chi connectivity index (χ1v) is 5.80. The molecule has 0 saturated carbocycles. The van der Waals surface area contributed by atoms with Crippen molar-refractivity contribution < 1.29 is 27.0 Å². The topological polar surface area (TPSA) is 121 Å². The van der Waals surface area contributed by atoms with E-state index in [0.717, 1.165) is 12.1 Å². The maximum Gasteiger partial charge on any atom is 0.507 e. The minimum absolute atomic E-state index is 0.187. The number of fused-ring (bicyclic) bond motifs is 1. The van der Waals surface area contributed by atoms with E-state index in [1.807, 2.05) is 0 Å². The quantitative estimate of drug-likeness (QED) is 0.406. The third-order valence-electron chi connectivity index (χ3n) is 2.31. The Morgan fingerprint density at radius 2 is 1.50 bits per heavy atom. The monoisotopic (exact) mass is 341 g/mol. The van der Waals surface area contributed by atoms with Crippen LogP contribution in [0.5, 0.6) is 11.5 Å². The van der Waals surface area contributed by atoms with Crippen molar-refractivity contribution in [2.75, 3.05) is 0 Å². The maximum atomic E-state index is 13.1. The number of nitrogens with zero attached hydrogens (tertiary/aromatic N) is 2. The van der Waals surface area contributed by atoms with Gasteiger partial charge in [-0.15, -0.1) is 0 Å². The normalized spacial score (nSPS) is 18.7. The third-order valence-corrected chi connectivity index (χ3v) is 2.61. The van der Waals surface area contributed by atoms with Crippen LogP contribution in [0.15, 0.2) is 22.1 Å². The lowest BCUT2D eigenvalue weighted by molar-refractivity contribution is -0.391. The summed E-state index contributed by atoms with van der Waals surface area (Å²) in [6.45, 7) is 0. The maximum absolute atomic E-state index is 13.1. The van der Waals surface area contributed by atoms with Gasteiger partial charge < -0.3 is 26.7 Å². The molecule has 0 aliphatic carbocycles. The Kier molecular flexibility index (Phi) is 3.69. The van der Waals surface area contributed by atoms with E-state index >= 15 is 0 Å². The Balaban J connectivity index is 2.46. The van der Waals surface area contributed by atoms with Gasteiger partial charge in [-0.2, -0.15) is 22.6 Å². The van der Waals surface area contributed by atoms with Gasteiger partial charge in [0.05, 0.1) is 10.7 Å². The van der Waals surface area contributed by atoms with E-state index in [0.29, 0.717) is 0 Å². The van der Waals surface area contributed by atoms with Crippen molar-refractivity contribution in [2.24, 2.45) is 27.2 Å². The van der Waals surface area contributed by atoms with Gasteiger partial charge in [0.2, 0.25) is 5.96 Å². The number of guanidine groups is 2. The van der Waals surface area contributed by atoms with Crippen LogP contribution in [-0.2, 0) is 0 Å². The summed E-state index contributed by atoms with van der Waals surface area (Å²) in [5.74, 6) is -2.21. The largest absolute Gasteiger partial charge is 0.507 e. The van der Waals surface area contributed by atoms with Crippen LogP contribution in [0.3, 0.4) is 0 Å². The van der Waals surface area contributed by atoms with Crippen molar-refractivity contribution >= 4 is 29.2 Å². The highest BCUT2D eigenvalue weighted by molar-refractivity contribution is 6.33. The summed E-state index contributed by atoms with van der Waals surface area (Å²) in [7, 11) is 0. The van der Waals surface area contributed by atoms with Crippen LogP contribution in [0.2, 0.25) is 5.02 Å². The van der Waals surface area contributed by atoms with Crippen molar-refractivity contribution in [1.82, 2.24) is 0 Å². The number of nitrogens with two attached hydrogens (primary N) is 3. The van der Waals surface area contributed by atoms with Crippen LogP contribution < -0.4 is 26.7 Å². The Morgan fingerprint density at radius 3 is 2.00 bits per heavy atom. The van der Waals surface area contributed by atoms with E-state index in [-0.39, 0.29) is 10.7 Å². The number of benzene rings is 1. The number of hydrogen-bond acceptors (Lipinski definition) is 3. The molecule has 120 valence electrons. The van der Waals surface area contributed by atoms with E-state index in [2.05, 4.69) is 19.5 Å². The molecule has 1 aliphatic heterocycles. The van der Waals surface area contributed by atoms with E-state index in [1.165, 1.54) is 0 Å². The Hall–Kier alpha value is -2.43. The lowest BCUT2D eigenvalue weighted by Crippen LogP contribution is -2.52. The first kappa shape index (κ1) is 15.9. The predicted molar refractivity (Wildman–Crippen MR) is 69.7 cm³/mol. The Bertz CT molecular complexity index is 676. The molecule has 0 bridgehead atoms. The Morgan fingerprint density at radius 1 is 1.00 bits per heavy atom. The van der Waals surface area contributed by atoms with E-state index < -0.39 is 35.6 Å². The van der Waals surface area contributed by atoms with Crippen molar-refractivity contribution in [3.05, 3.63) is 17.2 Å². The summed E-state index contributed by atoms with van der Waals surface area (Å²) >= 11 is 5.76. The Labute approximate surface area is 125 Å². The summed E-state index contributed by atoms with van der Waals surface area (Å²) in [6, 6.07) is 1.65. The van der Waals surface area contributed by atoms with Crippen LogP contribution in [-0.4, -0.2) is 24.1 Å². The average molecular weight is 342 g/mol. The summed E-state index contributed by atoms with van der Waals surface area (Å²) in [4.78, 5) is 7.02. The predicted octanol–water partition coefficient (Wildman–Crippen LogP) is 1.52. The van der Waals surface area contributed by atoms with Gasteiger partial charge in [0.15, 0.2) is 17.5 Å². The molecule has 6 N–H and O–H groups in total. The summed E-state index contributed by atoms with van der Waals surface area (Å²) in [6.07, 6.45) is -9.70. The number of ether oxygens (including phenoxy) is 2. The molecule has 0 unspecified atom stereocenters. The molecular weight excluding hydrogens is 334 g/mol. The first-order chi connectivity index (χ1) is 10.0. The molecule has 1 aromatic rings. The highest BCUT2D eigenvalue weighted by atomic mass is 35.5. The van der Waals surface area contributed by atoms with E-state index in [9.17, 15) is 17.6 Å². The molecule has 0 spiro atoms. The van der Waals surface area contributed by atoms with Crippen LogP contribution in [0.1, 0.15) is 0 Å². The molecule has 1 aliphatic rings. The van der Waals surface area contributed by atoms with Crippen LogP contribution in [0, 0.1) is 0 Å². The van der Waals surface area contributed by atoms with Crippen LogP contribution >= 0.6 is 11.6 Å². The highest BCUT2D eigenvalue weighted by Gasteiger charge is 2.66. The van der Waals surface area contributed by atoms with Crippen LogP contribution in [0.25, 0.3) is 0 Å². The van der Waals surface area contributed by atoms with Gasteiger partial charge in [0.1, 0.15) is 0 Å². The molecule has 12 heteroatoms. The van der Waals surface area contributed by atoms with Crippen molar-refractivity contribution in [2.45, 2.75) is 12.2 Å². The van der Waals surface area contributed by atoms with Gasteiger partial charge in [-0.3, -0.25) is 0 Å². The molecule has 0 atom stereocenters. The molecule has 0 fully saturated rings. The smallest absolute Gasteiger partial charge is 0.421 e. The molecule has 1 heterocycles. The average Bonchev–Trinajstić information content (AvgIpc) is 2.31. The van der Waals surface area contributed by atoms with Gasteiger partial charge in [-0.25, -0.2) is 4.99 Å². The molecule has 0 saturated heterocycles. The number of alkyl halides is 4. The molecule has 1 aromatic carbocycles. The minimum Gasteiger partial charge on any atom is -0.421 e. The molecule has 2 rings (SSSR count). The fraction of sp³-hybridized carbons (Fsp3) is 0.200.